The molecule has 30 heavy (non-hydrogen) atoms. The number of benzene rings is 2. The molecule has 6 nitrogen and oxygen atoms in total. The first-order valence-electron chi connectivity index (χ1n) is 9.33. The number of hydrogen-bond acceptors (Lipinski definition) is 6. The topological polar surface area (TPSA) is 84.8 Å². The zero-order valence-corrected chi connectivity index (χ0v) is 16.9. The quantitative estimate of drug-likeness (QED) is 0.247. The van der Waals surface area contributed by atoms with Crippen LogP contribution in [0.5, 0.6) is 0 Å². The number of ether oxygens (including phenoxy) is 1. The van der Waals surface area contributed by atoms with Crippen LogP contribution in [-0.2, 0) is 14.3 Å². The Hall–Kier alpha value is -3.58. The molecule has 0 fully saturated rings. The van der Waals surface area contributed by atoms with Crippen LogP contribution in [0.1, 0.15) is 33.6 Å². The molecule has 1 heterocycles. The third-order valence-electron chi connectivity index (χ3n) is 4.10. The van der Waals surface area contributed by atoms with Gasteiger partial charge in [0.15, 0.2) is 12.4 Å². The normalized spacial score (nSPS) is 10.1. The van der Waals surface area contributed by atoms with Gasteiger partial charge in [0.2, 0.25) is 0 Å². The number of Topliss-reactive ketones (excluding diaryl/α,β-unsaturated/α-hetero) is 1. The zero-order chi connectivity index (χ0) is 21.2. The van der Waals surface area contributed by atoms with E-state index >= 15 is 0 Å². The molecule has 0 aliphatic heterocycles. The third-order valence-corrected chi connectivity index (χ3v) is 5.01. The fourth-order valence-electron chi connectivity index (χ4n) is 2.63. The Morgan fingerprint density at radius 3 is 2.03 bits per heavy atom. The van der Waals surface area contributed by atoms with Crippen molar-refractivity contribution in [2.24, 2.45) is 5.10 Å². The van der Waals surface area contributed by atoms with Crippen LogP contribution >= 0.6 is 11.3 Å². The van der Waals surface area contributed by atoms with Crippen molar-refractivity contribution < 1.29 is 19.1 Å². The standard InChI is InChI=1S/C23H20N2O4S/c26-19(20-12-7-15-30-20)13-14-22(28)29-16-21(27)24-25-23(17-8-3-1-4-9-17)18-10-5-2-6-11-18/h1-12,15H,13-14,16H2,(H,24,27). The second-order valence-electron chi connectivity index (χ2n) is 6.29. The van der Waals surface area contributed by atoms with E-state index in [0.717, 1.165) is 11.1 Å². The van der Waals surface area contributed by atoms with E-state index in [9.17, 15) is 14.4 Å². The Kier molecular flexibility index (Phi) is 7.63. The second-order valence-corrected chi connectivity index (χ2v) is 7.24. The molecule has 0 atom stereocenters. The molecule has 0 radical (unpaired) electrons. The van der Waals surface area contributed by atoms with Crippen LogP contribution in [0.15, 0.2) is 83.3 Å². The number of thiophene rings is 1. The Balaban J connectivity index is 1.53. The lowest BCUT2D eigenvalue weighted by Crippen LogP contribution is -2.26. The van der Waals surface area contributed by atoms with Crippen LogP contribution in [0.2, 0.25) is 0 Å². The zero-order valence-electron chi connectivity index (χ0n) is 16.1. The Morgan fingerprint density at radius 2 is 1.47 bits per heavy atom. The lowest BCUT2D eigenvalue weighted by Gasteiger charge is -2.08. The number of carbonyl (C=O) groups excluding carboxylic acids is 3. The maximum atomic E-state index is 12.1. The van der Waals surface area contributed by atoms with Gasteiger partial charge in [-0.15, -0.1) is 11.3 Å². The summed E-state index contributed by atoms with van der Waals surface area (Å²) in [5, 5.41) is 6.02. The lowest BCUT2D eigenvalue weighted by atomic mass is 10.0. The molecule has 0 saturated carbocycles. The van der Waals surface area contributed by atoms with Gasteiger partial charge in [-0.25, -0.2) is 5.43 Å². The fourth-order valence-corrected chi connectivity index (χ4v) is 3.33. The van der Waals surface area contributed by atoms with Gasteiger partial charge < -0.3 is 4.74 Å². The molecule has 1 aromatic heterocycles. The van der Waals surface area contributed by atoms with Gasteiger partial charge in [0, 0.05) is 17.5 Å². The molecule has 0 aliphatic carbocycles. The van der Waals surface area contributed by atoms with Crippen molar-refractivity contribution in [2.75, 3.05) is 6.61 Å². The van der Waals surface area contributed by atoms with Crippen molar-refractivity contribution in [2.45, 2.75) is 12.8 Å². The predicted octanol–water partition coefficient (Wildman–Crippen LogP) is 3.82. The SMILES string of the molecule is O=C(COC(=O)CCC(=O)c1cccs1)NN=C(c1ccccc1)c1ccccc1. The van der Waals surface area contributed by atoms with Crippen molar-refractivity contribution in [3.8, 4) is 0 Å². The Labute approximate surface area is 178 Å². The molecule has 2 aromatic carbocycles. The molecule has 3 aromatic rings. The minimum Gasteiger partial charge on any atom is -0.455 e. The molecule has 0 spiro atoms. The van der Waals surface area contributed by atoms with E-state index in [1.807, 2.05) is 60.7 Å². The minimum atomic E-state index is -0.606. The van der Waals surface area contributed by atoms with E-state index in [1.54, 1.807) is 17.5 Å². The first-order valence-corrected chi connectivity index (χ1v) is 10.2. The summed E-state index contributed by atoms with van der Waals surface area (Å²) in [7, 11) is 0. The first kappa shape index (κ1) is 21.1. The summed E-state index contributed by atoms with van der Waals surface area (Å²) in [5.74, 6) is -1.28. The first-order chi connectivity index (χ1) is 14.6. The number of esters is 1. The molecule has 0 aliphatic rings. The maximum Gasteiger partial charge on any atom is 0.306 e. The van der Waals surface area contributed by atoms with E-state index in [2.05, 4.69) is 10.5 Å². The summed E-state index contributed by atoms with van der Waals surface area (Å²) in [6.07, 6.45) is -0.0299. The highest BCUT2D eigenvalue weighted by Gasteiger charge is 2.13. The van der Waals surface area contributed by atoms with E-state index in [1.165, 1.54) is 11.3 Å². The summed E-state index contributed by atoms with van der Waals surface area (Å²) in [4.78, 5) is 36.4. The smallest absolute Gasteiger partial charge is 0.306 e. The van der Waals surface area contributed by atoms with Gasteiger partial charge in [0.25, 0.3) is 5.91 Å². The predicted molar refractivity (Wildman–Crippen MR) is 116 cm³/mol. The number of nitrogens with zero attached hydrogens (tertiary/aromatic N) is 1. The van der Waals surface area contributed by atoms with Gasteiger partial charge in [0.1, 0.15) is 0 Å². The van der Waals surface area contributed by atoms with E-state index in [-0.39, 0.29) is 18.6 Å². The van der Waals surface area contributed by atoms with Crippen LogP contribution < -0.4 is 5.43 Å². The summed E-state index contributed by atoms with van der Waals surface area (Å²) < 4.78 is 4.95. The van der Waals surface area contributed by atoms with E-state index in [0.29, 0.717) is 10.6 Å². The molecular formula is C23H20N2O4S. The van der Waals surface area contributed by atoms with Crippen LogP contribution in [0.3, 0.4) is 0 Å². The number of ketones is 1. The molecule has 152 valence electrons. The summed E-state index contributed by atoms with van der Waals surface area (Å²) in [6, 6.07) is 22.4. The van der Waals surface area contributed by atoms with E-state index < -0.39 is 18.5 Å². The van der Waals surface area contributed by atoms with Gasteiger partial charge in [-0.1, -0.05) is 66.7 Å². The molecule has 7 heteroatoms. The molecular weight excluding hydrogens is 400 g/mol. The van der Waals surface area contributed by atoms with E-state index in [4.69, 9.17) is 4.74 Å². The molecule has 1 amide bonds. The highest BCUT2D eigenvalue weighted by Crippen LogP contribution is 2.13. The maximum absolute atomic E-state index is 12.1. The number of hydrazone groups is 1. The summed E-state index contributed by atoms with van der Waals surface area (Å²) >= 11 is 1.33. The van der Waals surface area contributed by atoms with Gasteiger partial charge in [-0.2, -0.15) is 5.10 Å². The van der Waals surface area contributed by atoms with Gasteiger partial charge >= 0.3 is 5.97 Å². The Morgan fingerprint density at radius 1 is 0.833 bits per heavy atom. The fraction of sp³-hybridized carbons (Fsp3) is 0.130. The van der Waals surface area contributed by atoms with Crippen molar-refractivity contribution in [1.29, 1.82) is 0 Å². The number of rotatable bonds is 9. The summed E-state index contributed by atoms with van der Waals surface area (Å²) in [6.45, 7) is -0.466. The monoisotopic (exact) mass is 420 g/mol. The molecule has 1 N–H and O–H groups in total. The molecule has 0 bridgehead atoms. The number of carbonyl (C=O) groups is 3. The minimum absolute atomic E-state index is 0.0469. The average Bonchev–Trinajstić information content (AvgIpc) is 3.33. The average molecular weight is 420 g/mol. The van der Waals surface area contributed by atoms with Gasteiger partial charge in [-0.05, 0) is 11.4 Å². The van der Waals surface area contributed by atoms with Crippen LogP contribution in [-0.4, -0.2) is 30.0 Å². The summed E-state index contributed by atoms with van der Waals surface area (Å²) in [5.41, 5.74) is 4.71. The largest absolute Gasteiger partial charge is 0.455 e. The van der Waals surface area contributed by atoms with Crippen molar-refractivity contribution in [3.63, 3.8) is 0 Å². The van der Waals surface area contributed by atoms with Gasteiger partial charge in [-0.3, -0.25) is 14.4 Å². The van der Waals surface area contributed by atoms with Crippen LogP contribution in [0, 0.1) is 0 Å². The number of amides is 1. The second kappa shape index (κ2) is 10.8. The molecule has 3 rings (SSSR count). The number of nitrogens with one attached hydrogen (secondary N) is 1. The van der Waals surface area contributed by atoms with Crippen molar-refractivity contribution in [3.05, 3.63) is 94.2 Å². The van der Waals surface area contributed by atoms with Crippen molar-refractivity contribution >= 4 is 34.7 Å². The molecule has 0 saturated heterocycles. The number of hydrogen-bond donors (Lipinski definition) is 1. The van der Waals surface area contributed by atoms with Crippen molar-refractivity contribution in [1.82, 2.24) is 5.43 Å². The third kappa shape index (κ3) is 6.22. The Bertz CT molecular complexity index is 974. The lowest BCUT2D eigenvalue weighted by molar-refractivity contribution is -0.148. The van der Waals surface area contributed by atoms with Crippen LogP contribution in [0.4, 0.5) is 0 Å². The highest BCUT2D eigenvalue weighted by molar-refractivity contribution is 7.12. The molecule has 0 unspecified atom stereocenters. The van der Waals surface area contributed by atoms with Crippen LogP contribution in [0.25, 0.3) is 0 Å². The van der Waals surface area contributed by atoms with Gasteiger partial charge in [0.05, 0.1) is 17.0 Å². The highest BCUT2D eigenvalue weighted by atomic mass is 32.1.